The molecule has 6 rings (SSSR count). The second kappa shape index (κ2) is 17.8. The number of benzene rings is 4. The van der Waals surface area contributed by atoms with Crippen LogP contribution in [0.5, 0.6) is 11.5 Å². The summed E-state index contributed by atoms with van der Waals surface area (Å²) in [5.74, 6) is 2.03. The highest BCUT2D eigenvalue weighted by molar-refractivity contribution is 6.42. The molecule has 11 heteroatoms. The lowest BCUT2D eigenvalue weighted by molar-refractivity contribution is 0.392. The predicted octanol–water partition coefficient (Wildman–Crippen LogP) is 10.4. The Morgan fingerprint density at radius 3 is 1.50 bits per heavy atom. The van der Waals surface area contributed by atoms with Crippen molar-refractivity contribution in [3.63, 3.8) is 0 Å². The fourth-order valence-corrected chi connectivity index (χ4v) is 5.69. The lowest BCUT2D eigenvalue weighted by Gasteiger charge is -2.16. The number of hydrogen-bond acceptors (Lipinski definition) is 8. The van der Waals surface area contributed by atoms with Gasteiger partial charge in [0.05, 0.1) is 30.4 Å². The van der Waals surface area contributed by atoms with Crippen molar-refractivity contribution in [2.45, 2.75) is 59.2 Å². The molecule has 4 aromatic carbocycles. The van der Waals surface area contributed by atoms with Crippen molar-refractivity contribution < 1.29 is 28.4 Å². The molecule has 0 spiro atoms. The summed E-state index contributed by atoms with van der Waals surface area (Å²) < 4.78 is 21.2. The van der Waals surface area contributed by atoms with Gasteiger partial charge < -0.3 is 28.4 Å². The molecule has 0 bridgehead atoms. The maximum absolute atomic E-state index is 12.6. The standard InChI is InChI=1S/C22H24O3.C16H10Cl2O3.C3H9BO2/c1-13(2)15-7-9-18(19(10-15)14(3)4)20-11-16-6-8-17(24-5)12-21(16)25-22(20)23;1-20-11-4-2-9-6-13(16(19)21-15(9)8-11)12-5-3-10(17)7-14(12)18;1-3(2)4(5)6/h6-14H,1-5H3;2-8H,1H3;3,5-6H,1-2H3. The molecular formula is C41H43BCl2O8. The summed E-state index contributed by atoms with van der Waals surface area (Å²) in [4.78, 5) is 24.8. The van der Waals surface area contributed by atoms with Crippen LogP contribution in [0.15, 0.2) is 103 Å². The van der Waals surface area contributed by atoms with Gasteiger partial charge in [-0.05, 0) is 82.9 Å². The highest BCUT2D eigenvalue weighted by atomic mass is 35.5. The summed E-state index contributed by atoms with van der Waals surface area (Å²) in [7, 11) is 2.00. The third-order valence-corrected chi connectivity index (χ3v) is 8.91. The van der Waals surface area contributed by atoms with Crippen molar-refractivity contribution in [1.82, 2.24) is 0 Å². The van der Waals surface area contributed by atoms with Gasteiger partial charge in [0.2, 0.25) is 0 Å². The van der Waals surface area contributed by atoms with Crippen LogP contribution in [0.2, 0.25) is 15.9 Å². The van der Waals surface area contributed by atoms with E-state index in [0.29, 0.717) is 61.2 Å². The molecule has 0 atom stereocenters. The van der Waals surface area contributed by atoms with E-state index in [-0.39, 0.29) is 11.4 Å². The summed E-state index contributed by atoms with van der Waals surface area (Å²) >= 11 is 12.0. The molecule has 0 aliphatic carbocycles. The van der Waals surface area contributed by atoms with Crippen LogP contribution in [-0.2, 0) is 0 Å². The van der Waals surface area contributed by atoms with Crippen LogP contribution in [0.25, 0.3) is 44.2 Å². The lowest BCUT2D eigenvalue weighted by atomic mass is 9.76. The van der Waals surface area contributed by atoms with E-state index in [9.17, 15) is 9.59 Å². The van der Waals surface area contributed by atoms with Gasteiger partial charge >= 0.3 is 18.4 Å². The van der Waals surface area contributed by atoms with Gasteiger partial charge in [0.1, 0.15) is 22.7 Å². The van der Waals surface area contributed by atoms with E-state index >= 15 is 0 Å². The summed E-state index contributed by atoms with van der Waals surface area (Å²) in [5.41, 5.74) is 5.23. The van der Waals surface area contributed by atoms with Crippen LogP contribution >= 0.6 is 23.2 Å². The number of rotatable bonds is 7. The van der Waals surface area contributed by atoms with Gasteiger partial charge in [-0.15, -0.1) is 0 Å². The van der Waals surface area contributed by atoms with Crippen molar-refractivity contribution in [1.29, 1.82) is 0 Å². The maximum Gasteiger partial charge on any atom is 0.454 e. The zero-order chi connectivity index (χ0) is 38.3. The first kappa shape index (κ1) is 40.2. The largest absolute Gasteiger partial charge is 0.497 e. The quantitative estimate of drug-likeness (QED) is 0.122. The van der Waals surface area contributed by atoms with E-state index in [1.807, 2.05) is 30.3 Å². The molecule has 0 aliphatic heterocycles. The zero-order valence-electron chi connectivity index (χ0n) is 30.5. The van der Waals surface area contributed by atoms with Gasteiger partial charge in [-0.1, -0.05) is 89.0 Å². The monoisotopic (exact) mass is 744 g/mol. The van der Waals surface area contributed by atoms with Crippen molar-refractivity contribution in [3.8, 4) is 33.8 Å². The van der Waals surface area contributed by atoms with Gasteiger partial charge in [0.15, 0.2) is 0 Å². The average molecular weight is 746 g/mol. The molecule has 2 N–H and O–H groups in total. The van der Waals surface area contributed by atoms with Crippen molar-refractivity contribution in [2.75, 3.05) is 14.2 Å². The van der Waals surface area contributed by atoms with Crippen molar-refractivity contribution in [2.24, 2.45) is 0 Å². The van der Waals surface area contributed by atoms with E-state index in [2.05, 4.69) is 39.8 Å². The first-order valence-corrected chi connectivity index (χ1v) is 17.6. The third kappa shape index (κ3) is 9.86. The second-order valence-electron chi connectivity index (χ2n) is 13.1. The molecule has 0 amide bonds. The van der Waals surface area contributed by atoms with Gasteiger partial charge in [0, 0.05) is 33.5 Å². The fourth-order valence-electron chi connectivity index (χ4n) is 5.18. The summed E-state index contributed by atoms with van der Waals surface area (Å²) in [5, 5.41) is 19.0. The Morgan fingerprint density at radius 1 is 0.596 bits per heavy atom. The van der Waals surface area contributed by atoms with Gasteiger partial charge in [-0.25, -0.2) is 9.59 Å². The zero-order valence-corrected chi connectivity index (χ0v) is 32.0. The number of ether oxygens (including phenoxy) is 2. The number of fused-ring (bicyclic) bond motifs is 2. The normalized spacial score (nSPS) is 11.0. The smallest absolute Gasteiger partial charge is 0.454 e. The Bertz CT molecular complexity index is 2270. The minimum Gasteiger partial charge on any atom is -0.497 e. The summed E-state index contributed by atoms with van der Waals surface area (Å²) in [6, 6.07) is 25.8. The van der Waals surface area contributed by atoms with Crippen LogP contribution < -0.4 is 20.7 Å². The molecule has 0 saturated heterocycles. The molecule has 52 heavy (non-hydrogen) atoms. The van der Waals surface area contributed by atoms with Crippen LogP contribution in [0, 0.1) is 0 Å². The molecule has 0 saturated carbocycles. The highest BCUT2D eigenvalue weighted by Gasteiger charge is 2.16. The Morgan fingerprint density at radius 2 is 1.08 bits per heavy atom. The summed E-state index contributed by atoms with van der Waals surface area (Å²) in [6.07, 6.45) is 0. The average Bonchev–Trinajstić information content (AvgIpc) is 3.11. The van der Waals surface area contributed by atoms with E-state index < -0.39 is 12.7 Å². The van der Waals surface area contributed by atoms with E-state index in [0.717, 1.165) is 16.3 Å². The van der Waals surface area contributed by atoms with E-state index in [1.165, 1.54) is 11.1 Å². The van der Waals surface area contributed by atoms with Crippen molar-refractivity contribution >= 4 is 52.3 Å². The van der Waals surface area contributed by atoms with Crippen LogP contribution in [0.4, 0.5) is 0 Å². The molecule has 0 fully saturated rings. The lowest BCUT2D eigenvalue weighted by Crippen LogP contribution is -2.14. The third-order valence-electron chi connectivity index (χ3n) is 8.36. The molecule has 0 radical (unpaired) electrons. The molecule has 272 valence electrons. The minimum absolute atomic E-state index is 0.0370. The van der Waals surface area contributed by atoms with Gasteiger partial charge in [0.25, 0.3) is 0 Å². The Hall–Kier alpha value is -4.54. The molecule has 6 aromatic rings. The van der Waals surface area contributed by atoms with Crippen LogP contribution in [0.1, 0.15) is 64.5 Å². The van der Waals surface area contributed by atoms with Crippen LogP contribution in [-0.4, -0.2) is 31.4 Å². The predicted molar refractivity (Wildman–Crippen MR) is 212 cm³/mol. The molecule has 0 aliphatic rings. The SMILES string of the molecule is CC(C)B(O)O.COc1ccc2cc(-c3ccc(C(C)C)cc3C(C)C)c(=O)oc2c1.COc1ccc2cc(-c3ccc(Cl)cc3Cl)c(=O)oc2c1. The second-order valence-corrected chi connectivity index (χ2v) is 14.0. The van der Waals surface area contributed by atoms with E-state index in [4.69, 9.17) is 51.6 Å². The molecule has 2 aromatic heterocycles. The Labute approximate surface area is 313 Å². The minimum atomic E-state index is -1.15. The molecular weight excluding hydrogens is 702 g/mol. The molecule has 0 unspecified atom stereocenters. The van der Waals surface area contributed by atoms with Gasteiger partial charge in [-0.2, -0.15) is 0 Å². The fraction of sp³-hybridized carbons (Fsp3) is 0.268. The molecule has 2 heterocycles. The Kier molecular flexibility index (Phi) is 13.8. The number of hydrogen-bond donors (Lipinski definition) is 2. The number of methoxy groups -OCH3 is 2. The topological polar surface area (TPSA) is 119 Å². The first-order valence-electron chi connectivity index (χ1n) is 16.8. The number of halogens is 2. The highest BCUT2D eigenvalue weighted by Crippen LogP contribution is 2.33. The Balaban J connectivity index is 0.000000204. The van der Waals surface area contributed by atoms with Gasteiger partial charge in [-0.3, -0.25) is 0 Å². The summed E-state index contributed by atoms with van der Waals surface area (Å²) in [6.45, 7) is 12.1. The molecule has 8 nitrogen and oxygen atoms in total. The van der Waals surface area contributed by atoms with E-state index in [1.54, 1.807) is 70.5 Å². The van der Waals surface area contributed by atoms with Crippen LogP contribution in [0.3, 0.4) is 0 Å². The first-order chi connectivity index (χ1) is 24.6. The van der Waals surface area contributed by atoms with Crippen molar-refractivity contribution in [3.05, 3.63) is 127 Å². The maximum atomic E-state index is 12.6.